The molecular formula is C30H36ClN3O4S. The van der Waals surface area contributed by atoms with Gasteiger partial charge in [0.15, 0.2) is 0 Å². The highest BCUT2D eigenvalue weighted by atomic mass is 35.5. The van der Waals surface area contributed by atoms with Gasteiger partial charge in [-0.3, -0.25) is 13.9 Å². The zero-order valence-electron chi connectivity index (χ0n) is 23.0. The predicted molar refractivity (Wildman–Crippen MR) is 156 cm³/mol. The summed E-state index contributed by atoms with van der Waals surface area (Å²) in [5.41, 5.74) is 2.83. The van der Waals surface area contributed by atoms with Gasteiger partial charge in [0.25, 0.3) is 10.0 Å². The number of hydrogen-bond donors (Lipinski definition) is 1. The van der Waals surface area contributed by atoms with Gasteiger partial charge in [-0.1, -0.05) is 66.6 Å². The topological polar surface area (TPSA) is 86.8 Å². The minimum Gasteiger partial charge on any atom is -0.352 e. The Kier molecular flexibility index (Phi) is 10.2. The maximum Gasteiger partial charge on any atom is 0.264 e. The molecule has 0 saturated carbocycles. The van der Waals surface area contributed by atoms with Crippen LogP contribution in [0.2, 0.25) is 5.02 Å². The molecule has 2 amide bonds. The maximum atomic E-state index is 14.0. The SMILES string of the molecule is CC[C@H](C)NC(=O)[C@H](C)N(Cc1ccc(C)cc1)C(=O)CN(c1ccc(Cl)cc1C)S(=O)(=O)c1ccccc1. The van der Waals surface area contributed by atoms with Crippen LogP contribution in [0, 0.1) is 13.8 Å². The molecule has 0 heterocycles. The third-order valence-electron chi connectivity index (χ3n) is 6.68. The minimum atomic E-state index is -4.12. The van der Waals surface area contributed by atoms with Gasteiger partial charge in [0.05, 0.1) is 10.6 Å². The molecule has 0 bridgehead atoms. The lowest BCUT2D eigenvalue weighted by Gasteiger charge is -2.33. The van der Waals surface area contributed by atoms with Crippen molar-refractivity contribution in [2.24, 2.45) is 0 Å². The number of halogens is 1. The van der Waals surface area contributed by atoms with Crippen LogP contribution in [0.1, 0.15) is 43.9 Å². The van der Waals surface area contributed by atoms with Crippen LogP contribution in [0.15, 0.2) is 77.7 Å². The summed E-state index contributed by atoms with van der Waals surface area (Å²) in [7, 11) is -4.12. The Morgan fingerprint density at radius 1 is 0.949 bits per heavy atom. The largest absolute Gasteiger partial charge is 0.352 e. The third-order valence-corrected chi connectivity index (χ3v) is 8.69. The highest BCUT2D eigenvalue weighted by molar-refractivity contribution is 7.92. The van der Waals surface area contributed by atoms with Gasteiger partial charge in [-0.25, -0.2) is 8.42 Å². The number of sulfonamides is 1. The Labute approximate surface area is 236 Å². The minimum absolute atomic E-state index is 0.0554. The van der Waals surface area contributed by atoms with Crippen molar-refractivity contribution in [1.82, 2.24) is 10.2 Å². The van der Waals surface area contributed by atoms with E-state index in [0.29, 0.717) is 16.3 Å². The Bertz CT molecular complexity index is 1400. The number of aryl methyl sites for hydroxylation is 2. The number of anilines is 1. The highest BCUT2D eigenvalue weighted by Crippen LogP contribution is 2.29. The lowest BCUT2D eigenvalue weighted by atomic mass is 10.1. The summed E-state index contributed by atoms with van der Waals surface area (Å²) < 4.78 is 28.8. The van der Waals surface area contributed by atoms with E-state index in [0.717, 1.165) is 21.9 Å². The number of rotatable bonds is 11. The van der Waals surface area contributed by atoms with E-state index < -0.39 is 28.5 Å². The van der Waals surface area contributed by atoms with Gasteiger partial charge in [-0.2, -0.15) is 0 Å². The first-order valence-electron chi connectivity index (χ1n) is 12.9. The fraction of sp³-hybridized carbons (Fsp3) is 0.333. The first-order valence-corrected chi connectivity index (χ1v) is 14.7. The van der Waals surface area contributed by atoms with E-state index >= 15 is 0 Å². The van der Waals surface area contributed by atoms with E-state index in [9.17, 15) is 18.0 Å². The van der Waals surface area contributed by atoms with Crippen LogP contribution in [0.25, 0.3) is 0 Å². The fourth-order valence-corrected chi connectivity index (χ4v) is 5.80. The van der Waals surface area contributed by atoms with Gasteiger partial charge < -0.3 is 10.2 Å². The summed E-state index contributed by atoms with van der Waals surface area (Å²) in [6.07, 6.45) is 0.739. The van der Waals surface area contributed by atoms with Crippen LogP contribution in [-0.2, 0) is 26.2 Å². The van der Waals surface area contributed by atoms with Crippen LogP contribution < -0.4 is 9.62 Å². The molecule has 0 aliphatic heterocycles. The van der Waals surface area contributed by atoms with Gasteiger partial charge in [0.2, 0.25) is 11.8 Å². The second kappa shape index (κ2) is 13.1. The first-order chi connectivity index (χ1) is 18.4. The molecule has 0 aliphatic rings. The molecule has 0 aliphatic carbocycles. The number of amides is 2. The standard InChI is InChI=1S/C30H36ClN3O4S/c1-6-23(4)32-30(36)24(5)33(19-25-14-12-21(2)13-15-25)29(35)20-34(28-17-16-26(31)18-22(28)3)39(37,38)27-10-8-7-9-11-27/h7-18,23-24H,6,19-20H2,1-5H3,(H,32,36)/t23-,24-/m0/s1. The third kappa shape index (κ3) is 7.61. The first kappa shape index (κ1) is 30.2. The van der Waals surface area contributed by atoms with E-state index in [1.807, 2.05) is 45.0 Å². The molecule has 0 radical (unpaired) electrons. The normalized spacial score (nSPS) is 12.9. The van der Waals surface area contributed by atoms with Crippen LogP contribution in [0.5, 0.6) is 0 Å². The number of nitrogens with one attached hydrogen (secondary N) is 1. The Morgan fingerprint density at radius 2 is 1.59 bits per heavy atom. The molecule has 3 aromatic rings. The number of carbonyl (C=O) groups is 2. The Balaban J connectivity index is 2.04. The van der Waals surface area contributed by atoms with Crippen molar-refractivity contribution in [2.75, 3.05) is 10.8 Å². The van der Waals surface area contributed by atoms with Crippen molar-refractivity contribution in [3.05, 3.63) is 94.5 Å². The molecular weight excluding hydrogens is 534 g/mol. The smallest absolute Gasteiger partial charge is 0.264 e. The molecule has 1 N–H and O–H groups in total. The Hall–Kier alpha value is -3.36. The highest BCUT2D eigenvalue weighted by Gasteiger charge is 2.33. The fourth-order valence-electron chi connectivity index (χ4n) is 4.07. The van der Waals surface area contributed by atoms with Crippen LogP contribution >= 0.6 is 11.6 Å². The molecule has 208 valence electrons. The van der Waals surface area contributed by atoms with Crippen molar-refractivity contribution in [2.45, 2.75) is 64.6 Å². The quantitative estimate of drug-likeness (QED) is 0.331. The summed E-state index contributed by atoms with van der Waals surface area (Å²) >= 11 is 6.15. The van der Waals surface area contributed by atoms with Crippen LogP contribution in [0.4, 0.5) is 5.69 Å². The summed E-state index contributed by atoms with van der Waals surface area (Å²) in [6.45, 7) is 8.88. The molecule has 7 nitrogen and oxygen atoms in total. The monoisotopic (exact) mass is 569 g/mol. The van der Waals surface area contributed by atoms with E-state index in [1.54, 1.807) is 50.2 Å². The molecule has 0 fully saturated rings. The average Bonchev–Trinajstić information content (AvgIpc) is 2.91. The summed E-state index contributed by atoms with van der Waals surface area (Å²) in [5, 5.41) is 3.39. The second-order valence-electron chi connectivity index (χ2n) is 9.76. The van der Waals surface area contributed by atoms with E-state index in [2.05, 4.69) is 5.32 Å². The number of carbonyl (C=O) groups excluding carboxylic acids is 2. The molecule has 3 aromatic carbocycles. The molecule has 3 rings (SSSR count). The van der Waals surface area contributed by atoms with Gasteiger partial charge >= 0.3 is 0 Å². The van der Waals surface area contributed by atoms with E-state index in [4.69, 9.17) is 11.6 Å². The van der Waals surface area contributed by atoms with Gasteiger partial charge in [0, 0.05) is 17.6 Å². The number of nitrogens with zero attached hydrogens (tertiary/aromatic N) is 2. The van der Waals surface area contributed by atoms with Crippen molar-refractivity contribution < 1.29 is 18.0 Å². The summed E-state index contributed by atoms with van der Waals surface area (Å²) in [5.74, 6) is -0.804. The zero-order chi connectivity index (χ0) is 28.7. The molecule has 9 heteroatoms. The van der Waals surface area contributed by atoms with Gasteiger partial charge in [0.1, 0.15) is 12.6 Å². The second-order valence-corrected chi connectivity index (χ2v) is 12.1. The average molecular weight is 570 g/mol. The maximum absolute atomic E-state index is 14.0. The van der Waals surface area contributed by atoms with Crippen molar-refractivity contribution in [3.63, 3.8) is 0 Å². The lowest BCUT2D eigenvalue weighted by molar-refractivity contribution is -0.139. The summed E-state index contributed by atoms with van der Waals surface area (Å²) in [4.78, 5) is 28.6. The van der Waals surface area contributed by atoms with Crippen LogP contribution in [0.3, 0.4) is 0 Å². The molecule has 0 aromatic heterocycles. The van der Waals surface area contributed by atoms with E-state index in [1.165, 1.54) is 17.0 Å². The molecule has 0 saturated heterocycles. The van der Waals surface area contributed by atoms with Gasteiger partial charge in [-0.15, -0.1) is 0 Å². The van der Waals surface area contributed by atoms with Crippen molar-refractivity contribution in [3.8, 4) is 0 Å². The molecule has 0 spiro atoms. The molecule has 2 atom stereocenters. The van der Waals surface area contributed by atoms with Crippen molar-refractivity contribution in [1.29, 1.82) is 0 Å². The summed E-state index contributed by atoms with van der Waals surface area (Å²) in [6, 6.07) is 19.6. The zero-order valence-corrected chi connectivity index (χ0v) is 24.6. The number of benzene rings is 3. The lowest BCUT2D eigenvalue weighted by Crippen LogP contribution is -2.52. The predicted octanol–water partition coefficient (Wildman–Crippen LogP) is 5.48. The number of hydrogen-bond acceptors (Lipinski definition) is 4. The molecule has 39 heavy (non-hydrogen) atoms. The van der Waals surface area contributed by atoms with Gasteiger partial charge in [-0.05, 0) is 75.6 Å². The van der Waals surface area contributed by atoms with Crippen molar-refractivity contribution >= 4 is 39.1 Å². The van der Waals surface area contributed by atoms with E-state index in [-0.39, 0.29) is 23.4 Å². The molecule has 0 unspecified atom stereocenters. The van der Waals surface area contributed by atoms with Crippen LogP contribution in [-0.4, -0.2) is 43.8 Å². The Morgan fingerprint density at radius 3 is 2.18 bits per heavy atom.